The van der Waals surface area contributed by atoms with Crippen molar-refractivity contribution in [3.8, 4) is 23.0 Å². The van der Waals surface area contributed by atoms with Crippen molar-refractivity contribution in [2.75, 3.05) is 20.3 Å². The lowest BCUT2D eigenvalue weighted by molar-refractivity contribution is -0.145. The molecule has 2 atom stereocenters. The van der Waals surface area contributed by atoms with Gasteiger partial charge in [0.15, 0.2) is 28.8 Å². The highest BCUT2D eigenvalue weighted by atomic mass is 35.5. The van der Waals surface area contributed by atoms with Crippen molar-refractivity contribution >= 4 is 68.3 Å². The Morgan fingerprint density at radius 3 is 2.20 bits per heavy atom. The summed E-state index contributed by atoms with van der Waals surface area (Å²) in [6.07, 6.45) is 0.0881. The van der Waals surface area contributed by atoms with Crippen molar-refractivity contribution in [1.29, 1.82) is 0 Å². The van der Waals surface area contributed by atoms with E-state index in [2.05, 4.69) is 0 Å². The number of ketones is 1. The van der Waals surface area contributed by atoms with Gasteiger partial charge in [-0.25, -0.2) is 0 Å². The van der Waals surface area contributed by atoms with E-state index in [0.717, 1.165) is 0 Å². The molecular weight excluding hydrogens is 637 g/mol. The average Bonchev–Trinajstić information content (AvgIpc) is 3.60. The Kier molecular flexibility index (Phi) is 10.5. The molecule has 11 nitrogen and oxygen atoms in total. The molecule has 0 radical (unpaired) electrons. The second-order valence-electron chi connectivity index (χ2n) is 10.5. The number of carbonyl (C=O) groups is 4. The molecule has 2 unspecified atom stereocenters. The van der Waals surface area contributed by atoms with Crippen LogP contribution < -0.4 is 14.2 Å². The molecule has 0 bridgehead atoms. The molecule has 4 rings (SSSR count). The first-order valence-electron chi connectivity index (χ1n) is 13.7. The third kappa shape index (κ3) is 7.14. The summed E-state index contributed by atoms with van der Waals surface area (Å²) in [7, 11) is 1.46. The number of aromatic hydroxyl groups is 1. The van der Waals surface area contributed by atoms with Crippen LogP contribution in [-0.2, 0) is 27.5 Å². The van der Waals surface area contributed by atoms with Gasteiger partial charge in [-0.3, -0.25) is 19.2 Å². The number of hydrogen-bond acceptors (Lipinski definition) is 9. The Bertz CT molecular complexity index is 1620. The summed E-state index contributed by atoms with van der Waals surface area (Å²) in [6.45, 7) is 3.59. The van der Waals surface area contributed by atoms with Gasteiger partial charge in [0.2, 0.25) is 5.91 Å². The number of phenolic OH excluding ortho intramolecular Hbond substituents is 1. The summed E-state index contributed by atoms with van der Waals surface area (Å²) in [6, 6.07) is 4.81. The molecule has 2 aromatic carbocycles. The van der Waals surface area contributed by atoms with Crippen LogP contribution in [0.4, 0.5) is 0 Å². The lowest BCUT2D eigenvalue weighted by atomic mass is 10.0. The van der Waals surface area contributed by atoms with Crippen LogP contribution in [0.3, 0.4) is 0 Å². The number of carbonyl (C=O) groups excluding carboxylic acids is 2. The van der Waals surface area contributed by atoms with E-state index in [9.17, 15) is 24.3 Å². The van der Waals surface area contributed by atoms with Crippen LogP contribution in [0.5, 0.6) is 23.0 Å². The molecule has 1 aliphatic heterocycles. The minimum Gasteiger partial charge on any atom is -0.504 e. The Labute approximate surface area is 266 Å². The van der Waals surface area contributed by atoms with Crippen LogP contribution in [0.1, 0.15) is 53.9 Å². The number of Topliss-reactive ketones (excluding diaryl/α,β-unsaturated/α-hetero) is 1. The normalized spacial score (nSPS) is 13.8. The third-order valence-corrected chi connectivity index (χ3v) is 9.13. The molecule has 1 aromatic heterocycles. The van der Waals surface area contributed by atoms with Gasteiger partial charge in [-0.05, 0) is 23.3 Å². The zero-order valence-corrected chi connectivity index (χ0v) is 26.5. The average molecular weight is 669 g/mol. The van der Waals surface area contributed by atoms with Crippen LogP contribution in [0.25, 0.3) is 10.1 Å². The smallest absolute Gasteiger partial charge is 0.306 e. The van der Waals surface area contributed by atoms with Gasteiger partial charge in [-0.15, -0.1) is 11.3 Å². The highest BCUT2D eigenvalue weighted by molar-refractivity contribution is 7.21. The number of rotatable bonds is 14. The van der Waals surface area contributed by atoms with Gasteiger partial charge >= 0.3 is 11.9 Å². The van der Waals surface area contributed by atoms with E-state index < -0.39 is 23.8 Å². The van der Waals surface area contributed by atoms with Crippen molar-refractivity contribution < 1.29 is 48.7 Å². The minimum absolute atomic E-state index is 0.0725. The Balaban J connectivity index is 1.38. The summed E-state index contributed by atoms with van der Waals surface area (Å²) < 4.78 is 17.8. The number of carboxylic acids is 2. The number of methoxy groups -OCH3 is 1. The van der Waals surface area contributed by atoms with E-state index in [4.69, 9.17) is 47.6 Å². The van der Waals surface area contributed by atoms with Crippen molar-refractivity contribution in [2.45, 2.75) is 46.2 Å². The van der Waals surface area contributed by atoms with Gasteiger partial charge in [0.05, 0.1) is 47.1 Å². The second kappa shape index (κ2) is 13.9. The number of amides is 1. The number of ether oxygens (including phenoxy) is 3. The maximum atomic E-state index is 12.6. The van der Waals surface area contributed by atoms with Crippen LogP contribution in [0.2, 0.25) is 10.0 Å². The molecular formula is C30H31Cl2NO10S. The van der Waals surface area contributed by atoms with Crippen molar-refractivity contribution in [2.24, 2.45) is 11.8 Å². The third-order valence-electron chi connectivity index (χ3n) is 7.23. The number of thiophene rings is 1. The fraction of sp³-hybridized carbons (Fsp3) is 0.400. The first-order chi connectivity index (χ1) is 20.8. The van der Waals surface area contributed by atoms with Gasteiger partial charge in [0.1, 0.15) is 0 Å². The van der Waals surface area contributed by atoms with Crippen molar-refractivity contribution in [3.63, 3.8) is 0 Å². The maximum Gasteiger partial charge on any atom is 0.306 e. The lowest BCUT2D eigenvalue weighted by Gasteiger charge is -2.16. The number of phenols is 1. The molecule has 3 N–H and O–H groups in total. The highest BCUT2D eigenvalue weighted by Gasteiger charge is 2.30. The van der Waals surface area contributed by atoms with Gasteiger partial charge in [0.25, 0.3) is 0 Å². The summed E-state index contributed by atoms with van der Waals surface area (Å²) in [4.78, 5) is 49.3. The Morgan fingerprint density at radius 2 is 1.57 bits per heavy atom. The largest absolute Gasteiger partial charge is 0.504 e. The topological polar surface area (TPSA) is 160 Å². The Hall–Kier alpha value is -3.74. The maximum absolute atomic E-state index is 12.6. The number of aliphatic carboxylic acids is 2. The number of hydrogen-bond donors (Lipinski definition) is 3. The van der Waals surface area contributed by atoms with E-state index in [0.29, 0.717) is 38.3 Å². The zero-order chi connectivity index (χ0) is 32.3. The van der Waals surface area contributed by atoms with Crippen molar-refractivity contribution in [1.82, 2.24) is 4.90 Å². The quantitative estimate of drug-likeness (QED) is 0.137. The fourth-order valence-corrected chi connectivity index (χ4v) is 6.40. The molecule has 2 heterocycles. The molecule has 44 heavy (non-hydrogen) atoms. The number of carboxylic acid groups (broad SMARTS) is 2. The summed E-state index contributed by atoms with van der Waals surface area (Å²) >= 11 is 14.4. The highest BCUT2D eigenvalue weighted by Crippen LogP contribution is 2.45. The number of fused-ring (bicyclic) bond motifs is 2. The molecule has 1 aliphatic rings. The number of benzene rings is 2. The van der Waals surface area contributed by atoms with E-state index in [1.165, 1.54) is 43.3 Å². The van der Waals surface area contributed by atoms with Gasteiger partial charge < -0.3 is 34.4 Å². The van der Waals surface area contributed by atoms with Gasteiger partial charge in [0, 0.05) is 48.5 Å². The van der Waals surface area contributed by atoms with E-state index in [1.807, 2.05) is 0 Å². The van der Waals surface area contributed by atoms with Gasteiger partial charge in [-0.1, -0.05) is 37.0 Å². The number of halogens is 2. The fourth-order valence-electron chi connectivity index (χ4n) is 4.66. The first-order valence-corrected chi connectivity index (χ1v) is 15.2. The van der Waals surface area contributed by atoms with Crippen LogP contribution >= 0.6 is 34.5 Å². The predicted octanol–water partition coefficient (Wildman–Crippen LogP) is 6.02. The molecule has 1 amide bonds. The van der Waals surface area contributed by atoms with Crippen LogP contribution in [-0.4, -0.2) is 64.2 Å². The molecule has 0 saturated heterocycles. The van der Waals surface area contributed by atoms with E-state index in [-0.39, 0.29) is 78.1 Å². The molecule has 0 saturated carbocycles. The predicted molar refractivity (Wildman–Crippen MR) is 164 cm³/mol. The molecule has 0 spiro atoms. The summed E-state index contributed by atoms with van der Waals surface area (Å²) in [5, 5.41) is 29.8. The Morgan fingerprint density at radius 1 is 0.932 bits per heavy atom. The molecule has 236 valence electrons. The van der Waals surface area contributed by atoms with Crippen LogP contribution in [0.15, 0.2) is 18.2 Å². The van der Waals surface area contributed by atoms with Gasteiger partial charge in [-0.2, -0.15) is 0 Å². The monoisotopic (exact) mass is 667 g/mol. The summed E-state index contributed by atoms with van der Waals surface area (Å²) in [5.41, 5.74) is 1.29. The lowest BCUT2D eigenvalue weighted by Crippen LogP contribution is -2.28. The standard InChI is InChI=1S/C30H31Cl2NO10S/c1-14(29(37)38)7-19(34)23-10-17-22(44-23)11-21(41-3)28(25(17)31)43-6-4-5-42-27-20(35)9-16-12-33(13-18(16)26(27)32)24(36)8-15(2)30(39)40/h9-11,14-15,35H,4-8,12-13H2,1-3H3,(H,37,38)(H,39,40). The SMILES string of the molecule is COc1cc2sc(C(=O)CC(C)C(=O)O)cc2c(Cl)c1OCCCOc1c(O)cc2c(c1Cl)CN(C(=O)CC(C)C(=O)O)C2. The molecule has 3 aromatic rings. The minimum atomic E-state index is -1.05. The molecule has 14 heteroatoms. The number of nitrogens with zero attached hydrogens (tertiary/aromatic N) is 1. The van der Waals surface area contributed by atoms with Crippen molar-refractivity contribution in [3.05, 3.63) is 44.2 Å². The molecule has 0 fully saturated rings. The van der Waals surface area contributed by atoms with Crippen LogP contribution in [0, 0.1) is 11.8 Å². The summed E-state index contributed by atoms with van der Waals surface area (Å²) in [5.74, 6) is -3.82. The van der Waals surface area contributed by atoms with E-state index in [1.54, 1.807) is 12.1 Å². The molecule has 0 aliphatic carbocycles. The first kappa shape index (κ1) is 33.2. The zero-order valence-electron chi connectivity index (χ0n) is 24.1. The second-order valence-corrected chi connectivity index (χ2v) is 12.4. The van der Waals surface area contributed by atoms with E-state index >= 15 is 0 Å².